The van der Waals surface area contributed by atoms with E-state index >= 15 is 0 Å². The van der Waals surface area contributed by atoms with Gasteiger partial charge >= 0.3 is 0 Å². The summed E-state index contributed by atoms with van der Waals surface area (Å²) in [7, 11) is 0. The Morgan fingerprint density at radius 2 is 1.93 bits per heavy atom. The van der Waals surface area contributed by atoms with Gasteiger partial charge in [-0.2, -0.15) is 4.98 Å². The van der Waals surface area contributed by atoms with E-state index in [1.54, 1.807) is 0 Å². The monoisotopic (exact) mass is 383 g/mol. The normalized spacial score (nSPS) is 13.5. The summed E-state index contributed by atoms with van der Waals surface area (Å²) in [5, 5.41) is 4.71. The van der Waals surface area contributed by atoms with Crippen LogP contribution >= 0.6 is 0 Å². The molecule has 2 aromatic heterocycles. The van der Waals surface area contributed by atoms with Crippen LogP contribution in [0, 0.1) is 6.92 Å². The Kier molecular flexibility index (Phi) is 4.64. The number of hydrogen-bond acceptors (Lipinski definition) is 4. The first-order valence-electron chi connectivity index (χ1n) is 10.3. The van der Waals surface area contributed by atoms with Crippen molar-refractivity contribution in [1.29, 1.82) is 0 Å². The molecule has 29 heavy (non-hydrogen) atoms. The van der Waals surface area contributed by atoms with Crippen LogP contribution in [-0.4, -0.2) is 28.0 Å². The highest BCUT2D eigenvalue weighted by atomic mass is 15.2. The van der Waals surface area contributed by atoms with Gasteiger partial charge in [0, 0.05) is 47.6 Å². The largest absolute Gasteiger partial charge is 0.361 e. The third-order valence-corrected chi connectivity index (χ3v) is 5.58. The topological polar surface area (TPSA) is 56.8 Å². The number of aromatic nitrogens is 3. The van der Waals surface area contributed by atoms with E-state index in [-0.39, 0.29) is 0 Å². The van der Waals surface area contributed by atoms with Crippen molar-refractivity contribution in [2.24, 2.45) is 0 Å². The summed E-state index contributed by atoms with van der Waals surface area (Å²) >= 11 is 0. The van der Waals surface area contributed by atoms with Gasteiger partial charge in [0.25, 0.3) is 0 Å². The molecule has 5 nitrogen and oxygen atoms in total. The summed E-state index contributed by atoms with van der Waals surface area (Å²) in [4.78, 5) is 15.1. The first-order chi connectivity index (χ1) is 14.3. The minimum absolute atomic E-state index is 0.697. The fraction of sp³-hybridized carbons (Fsp3) is 0.250. The van der Waals surface area contributed by atoms with Crippen LogP contribution in [0.3, 0.4) is 0 Å². The second-order valence-corrected chi connectivity index (χ2v) is 7.61. The molecule has 2 N–H and O–H groups in total. The zero-order chi connectivity index (χ0) is 19.6. The van der Waals surface area contributed by atoms with E-state index in [0.717, 1.165) is 43.9 Å². The zero-order valence-electron chi connectivity index (χ0n) is 16.7. The molecule has 0 radical (unpaired) electrons. The van der Waals surface area contributed by atoms with Gasteiger partial charge in [0.05, 0.1) is 0 Å². The predicted molar refractivity (Wildman–Crippen MR) is 119 cm³/mol. The molecule has 1 aliphatic heterocycles. The van der Waals surface area contributed by atoms with Crippen molar-refractivity contribution in [1.82, 2.24) is 15.0 Å². The fourth-order valence-electron chi connectivity index (χ4n) is 4.19. The molecule has 0 atom stereocenters. The smallest absolute Gasteiger partial charge is 0.224 e. The Hall–Kier alpha value is -3.34. The molecule has 4 aromatic rings. The van der Waals surface area contributed by atoms with Crippen LogP contribution in [0.25, 0.3) is 10.9 Å². The third kappa shape index (κ3) is 3.56. The second-order valence-electron chi connectivity index (χ2n) is 7.61. The van der Waals surface area contributed by atoms with Gasteiger partial charge in [-0.25, -0.2) is 4.98 Å². The molecular formula is C24H25N5. The molecule has 1 aliphatic rings. The Bertz CT molecular complexity index is 1150. The van der Waals surface area contributed by atoms with E-state index in [1.807, 2.05) is 6.92 Å². The molecule has 3 heterocycles. The molecule has 146 valence electrons. The number of rotatable bonds is 5. The molecule has 0 fully saturated rings. The van der Waals surface area contributed by atoms with Crippen LogP contribution in [0.4, 0.5) is 17.5 Å². The molecule has 0 spiro atoms. The van der Waals surface area contributed by atoms with Crippen molar-refractivity contribution in [2.75, 3.05) is 23.3 Å². The van der Waals surface area contributed by atoms with E-state index in [9.17, 15) is 0 Å². The molecule has 0 amide bonds. The molecule has 2 aromatic carbocycles. The second kappa shape index (κ2) is 7.59. The van der Waals surface area contributed by atoms with Crippen LogP contribution in [0.5, 0.6) is 0 Å². The molecule has 0 saturated heterocycles. The lowest BCUT2D eigenvalue weighted by molar-refractivity contribution is 0.758. The SMILES string of the molecule is Cc1cc(N2CCCc3ccccc32)nc(NCCc2c[nH]c3ccccc23)n1. The number of H-pyrrole nitrogens is 1. The minimum atomic E-state index is 0.697. The molecule has 5 rings (SSSR count). The summed E-state index contributed by atoms with van der Waals surface area (Å²) in [6.07, 6.45) is 5.29. The first-order valence-corrected chi connectivity index (χ1v) is 10.3. The van der Waals surface area contributed by atoms with Gasteiger partial charge in [0.15, 0.2) is 0 Å². The number of aromatic amines is 1. The van der Waals surface area contributed by atoms with E-state index in [0.29, 0.717) is 5.95 Å². The molecule has 0 aliphatic carbocycles. The Balaban J connectivity index is 1.34. The third-order valence-electron chi connectivity index (χ3n) is 5.58. The quantitative estimate of drug-likeness (QED) is 0.509. The van der Waals surface area contributed by atoms with Gasteiger partial charge in [-0.3, -0.25) is 0 Å². The maximum absolute atomic E-state index is 4.83. The lowest BCUT2D eigenvalue weighted by Gasteiger charge is -2.30. The maximum Gasteiger partial charge on any atom is 0.224 e. The van der Waals surface area contributed by atoms with Crippen molar-refractivity contribution in [3.8, 4) is 0 Å². The molecule has 0 unspecified atom stereocenters. The van der Waals surface area contributed by atoms with Crippen LogP contribution < -0.4 is 10.2 Å². The number of hydrogen-bond donors (Lipinski definition) is 2. The summed E-state index contributed by atoms with van der Waals surface area (Å²) < 4.78 is 0. The Labute approximate surface area is 170 Å². The van der Waals surface area contributed by atoms with Gasteiger partial charge in [0.1, 0.15) is 5.82 Å². The van der Waals surface area contributed by atoms with Gasteiger partial charge in [0.2, 0.25) is 5.95 Å². The van der Waals surface area contributed by atoms with Crippen LogP contribution in [0.2, 0.25) is 0 Å². The van der Waals surface area contributed by atoms with Crippen molar-refractivity contribution < 1.29 is 0 Å². The van der Waals surface area contributed by atoms with Crippen molar-refractivity contribution in [3.05, 3.63) is 77.6 Å². The van der Waals surface area contributed by atoms with E-state index in [1.165, 1.54) is 27.7 Å². The first kappa shape index (κ1) is 17.7. The van der Waals surface area contributed by atoms with E-state index in [2.05, 4.69) is 81.0 Å². The summed E-state index contributed by atoms with van der Waals surface area (Å²) in [6, 6.07) is 19.1. The number of para-hydroxylation sites is 2. The fourth-order valence-corrected chi connectivity index (χ4v) is 4.19. The standard InChI is InChI=1S/C24H25N5/c1-17-15-23(29-14-6-8-18-7-2-5-11-22(18)29)28-24(27-17)25-13-12-19-16-26-21-10-4-3-9-20(19)21/h2-5,7,9-11,15-16,26H,6,8,12-14H2,1H3,(H,25,27,28). The highest BCUT2D eigenvalue weighted by molar-refractivity contribution is 5.83. The predicted octanol–water partition coefficient (Wildman–Crippen LogP) is 5.01. The number of benzene rings is 2. The number of aryl methyl sites for hydroxylation is 2. The number of anilines is 3. The molecule has 0 saturated carbocycles. The van der Waals surface area contributed by atoms with Crippen molar-refractivity contribution in [3.63, 3.8) is 0 Å². The Morgan fingerprint density at radius 1 is 1.07 bits per heavy atom. The molecule has 0 bridgehead atoms. The molecular weight excluding hydrogens is 358 g/mol. The number of nitrogens with one attached hydrogen (secondary N) is 2. The van der Waals surface area contributed by atoms with E-state index in [4.69, 9.17) is 4.98 Å². The van der Waals surface area contributed by atoms with Crippen LogP contribution in [0.15, 0.2) is 60.8 Å². The maximum atomic E-state index is 4.83. The van der Waals surface area contributed by atoms with Gasteiger partial charge < -0.3 is 15.2 Å². The summed E-state index contributed by atoms with van der Waals surface area (Å²) in [6.45, 7) is 3.81. The van der Waals surface area contributed by atoms with Crippen LogP contribution in [0.1, 0.15) is 23.2 Å². The average molecular weight is 383 g/mol. The lowest BCUT2D eigenvalue weighted by Crippen LogP contribution is -2.26. The Morgan fingerprint density at radius 3 is 2.90 bits per heavy atom. The minimum Gasteiger partial charge on any atom is -0.361 e. The van der Waals surface area contributed by atoms with E-state index < -0.39 is 0 Å². The zero-order valence-corrected chi connectivity index (χ0v) is 16.7. The van der Waals surface area contributed by atoms with Gasteiger partial charge in [-0.15, -0.1) is 0 Å². The van der Waals surface area contributed by atoms with Crippen LogP contribution in [-0.2, 0) is 12.8 Å². The van der Waals surface area contributed by atoms with Crippen molar-refractivity contribution >= 4 is 28.4 Å². The number of fused-ring (bicyclic) bond motifs is 2. The van der Waals surface area contributed by atoms with Gasteiger partial charge in [-0.1, -0.05) is 36.4 Å². The van der Waals surface area contributed by atoms with Crippen molar-refractivity contribution in [2.45, 2.75) is 26.2 Å². The highest BCUT2D eigenvalue weighted by Crippen LogP contribution is 2.32. The highest BCUT2D eigenvalue weighted by Gasteiger charge is 2.19. The average Bonchev–Trinajstić information content (AvgIpc) is 3.16. The summed E-state index contributed by atoms with van der Waals surface area (Å²) in [5.41, 5.74) is 6.13. The summed E-state index contributed by atoms with van der Waals surface area (Å²) in [5.74, 6) is 1.67. The lowest BCUT2D eigenvalue weighted by atomic mass is 10.0. The van der Waals surface area contributed by atoms with Gasteiger partial charge in [-0.05, 0) is 49.4 Å². The number of nitrogens with zero attached hydrogens (tertiary/aromatic N) is 3. The molecule has 5 heteroatoms.